The Hall–Kier alpha value is -2.33. The minimum absolute atomic E-state index is 0.111. The summed E-state index contributed by atoms with van der Waals surface area (Å²) in [4.78, 5) is 32.7. The normalized spacial score (nSPS) is 22.2. The van der Waals surface area contributed by atoms with Crippen molar-refractivity contribution in [3.63, 3.8) is 0 Å². The van der Waals surface area contributed by atoms with Crippen molar-refractivity contribution in [1.29, 1.82) is 0 Å². The van der Waals surface area contributed by atoms with Crippen LogP contribution in [0.2, 0.25) is 0 Å². The van der Waals surface area contributed by atoms with Gasteiger partial charge < -0.3 is 15.4 Å². The number of amides is 3. The van der Waals surface area contributed by atoms with Crippen molar-refractivity contribution in [2.45, 2.75) is 56.0 Å². The summed E-state index contributed by atoms with van der Waals surface area (Å²) >= 11 is 3.58. The third-order valence-electron chi connectivity index (χ3n) is 6.11. The third-order valence-corrected chi connectivity index (χ3v) is 9.19. The summed E-state index contributed by atoms with van der Waals surface area (Å²) < 4.78 is 5.30. The van der Waals surface area contributed by atoms with Crippen molar-refractivity contribution in [3.05, 3.63) is 53.9 Å². The Morgan fingerprint density at radius 3 is 2.89 bits per heavy atom. The lowest BCUT2D eigenvalue weighted by molar-refractivity contribution is -0.200. The molecule has 0 radical (unpaired) electrons. The van der Waals surface area contributed by atoms with Gasteiger partial charge in [0.05, 0.1) is 4.75 Å². The lowest BCUT2D eigenvalue weighted by Gasteiger charge is -2.35. The third kappa shape index (κ3) is 7.10. The molecule has 7 nitrogen and oxygen atoms in total. The quantitative estimate of drug-likeness (QED) is 0.290. The Morgan fingerprint density at radius 1 is 1.20 bits per heavy atom. The molecule has 1 aromatic heterocycles. The van der Waals surface area contributed by atoms with Gasteiger partial charge >= 0.3 is 6.03 Å². The molecule has 3 heterocycles. The molecule has 9 heteroatoms. The van der Waals surface area contributed by atoms with Crippen LogP contribution in [0.3, 0.4) is 0 Å². The van der Waals surface area contributed by atoms with Crippen LogP contribution in [-0.2, 0) is 19.1 Å². The minimum atomic E-state index is -0.351. The van der Waals surface area contributed by atoms with Gasteiger partial charge in [-0.3, -0.25) is 4.79 Å². The number of thioether (sulfide) groups is 1. The molecule has 2 aliphatic heterocycles. The zero-order valence-electron chi connectivity index (χ0n) is 19.8. The maximum Gasteiger partial charge on any atom is 0.319 e. The molecular weight excluding hydrogens is 482 g/mol. The molecule has 4 rings (SSSR count). The number of urea groups is 1. The molecule has 2 saturated heterocycles. The molecule has 35 heavy (non-hydrogen) atoms. The number of benzene rings is 1. The van der Waals surface area contributed by atoms with Crippen molar-refractivity contribution in [2.24, 2.45) is 0 Å². The number of hydroxylamine groups is 1. The predicted octanol–water partition coefficient (Wildman–Crippen LogP) is 5.80. The summed E-state index contributed by atoms with van der Waals surface area (Å²) in [6, 6.07) is 11.8. The van der Waals surface area contributed by atoms with Gasteiger partial charge in [0.2, 0.25) is 5.91 Å². The molecule has 2 aromatic rings. The summed E-state index contributed by atoms with van der Waals surface area (Å²) in [6.07, 6.45) is 7.77. The van der Waals surface area contributed by atoms with E-state index in [1.165, 1.54) is 11.3 Å². The Bertz CT molecular complexity index is 1010. The average molecular weight is 516 g/mol. The van der Waals surface area contributed by atoms with Crippen LogP contribution in [0.1, 0.15) is 49.8 Å². The molecule has 1 unspecified atom stereocenters. The van der Waals surface area contributed by atoms with E-state index < -0.39 is 0 Å². The van der Waals surface area contributed by atoms with Crippen molar-refractivity contribution < 1.29 is 19.2 Å². The van der Waals surface area contributed by atoms with Gasteiger partial charge in [0.15, 0.2) is 6.29 Å². The summed E-state index contributed by atoms with van der Waals surface area (Å²) in [7, 11) is 0. The smallest absolute Gasteiger partial charge is 0.319 e. The van der Waals surface area contributed by atoms with Gasteiger partial charge in [0, 0.05) is 41.4 Å². The number of anilines is 1. The van der Waals surface area contributed by atoms with Gasteiger partial charge in [-0.25, -0.2) is 15.1 Å². The number of carbonyl (C=O) groups is 2. The van der Waals surface area contributed by atoms with Crippen LogP contribution >= 0.6 is 23.1 Å². The molecule has 0 spiro atoms. The molecule has 2 aliphatic rings. The number of hydrogen-bond acceptors (Lipinski definition) is 6. The van der Waals surface area contributed by atoms with Crippen LogP contribution in [0.25, 0.3) is 10.4 Å². The van der Waals surface area contributed by atoms with Crippen molar-refractivity contribution in [2.75, 3.05) is 24.2 Å². The highest BCUT2D eigenvalue weighted by atomic mass is 32.2. The maximum absolute atomic E-state index is 12.9. The monoisotopic (exact) mass is 515 g/mol. The van der Waals surface area contributed by atoms with Gasteiger partial charge in [0.1, 0.15) is 0 Å². The molecule has 2 fully saturated rings. The molecule has 0 bridgehead atoms. The fourth-order valence-corrected chi connectivity index (χ4v) is 7.22. The first kappa shape index (κ1) is 25.8. The summed E-state index contributed by atoms with van der Waals surface area (Å²) in [5.41, 5.74) is 4.40. The predicted molar refractivity (Wildman–Crippen MR) is 142 cm³/mol. The Kier molecular flexibility index (Phi) is 9.25. The topological polar surface area (TPSA) is 88.7 Å². The number of carbonyl (C=O) groups excluding carboxylic acids is 2. The van der Waals surface area contributed by atoms with Crippen LogP contribution in [0.5, 0.6) is 0 Å². The minimum Gasteiger partial charge on any atom is -0.350 e. The zero-order valence-corrected chi connectivity index (χ0v) is 21.5. The molecule has 3 amide bonds. The van der Waals surface area contributed by atoms with Gasteiger partial charge in [-0.15, -0.1) is 29.7 Å². The standard InChI is InChI=1S/C26H33N3O4S2/c1-2-14-27-25(31)28-20-9-7-8-19(17-20)21-11-12-22(35-21)26(13-4-6-16-34-26)18-23(30)29-33-24-10-3-5-15-32-24/h2,7-9,11-12,17,24H,1,3-6,10,13-16,18H2,(H,29,30)(H2,27,28,31)/t24?,26-/m0/s1. The molecular formula is C26H33N3O4S2. The highest BCUT2D eigenvalue weighted by Crippen LogP contribution is 2.51. The van der Waals surface area contributed by atoms with E-state index in [0.717, 1.165) is 54.0 Å². The van der Waals surface area contributed by atoms with Crippen LogP contribution in [0.4, 0.5) is 10.5 Å². The van der Waals surface area contributed by atoms with Crippen LogP contribution in [0.15, 0.2) is 49.1 Å². The lowest BCUT2D eigenvalue weighted by atomic mass is 9.94. The first-order valence-electron chi connectivity index (χ1n) is 12.1. The maximum atomic E-state index is 12.9. The SMILES string of the molecule is C=CCNC(=O)Nc1cccc(-c2ccc([C@@]3(CC(=O)NOC4CCCCO4)CCCCS3)s2)c1. The highest BCUT2D eigenvalue weighted by Gasteiger charge is 2.38. The van der Waals surface area contributed by atoms with Gasteiger partial charge in [-0.2, -0.15) is 0 Å². The van der Waals surface area contributed by atoms with Gasteiger partial charge in [-0.05, 0) is 61.3 Å². The van der Waals surface area contributed by atoms with Crippen molar-refractivity contribution >= 4 is 40.7 Å². The van der Waals surface area contributed by atoms with Crippen LogP contribution in [0, 0.1) is 0 Å². The number of thiophene rings is 1. The second-order valence-corrected chi connectivity index (χ2v) is 11.3. The lowest BCUT2D eigenvalue weighted by Crippen LogP contribution is -2.37. The van der Waals surface area contributed by atoms with Crippen molar-refractivity contribution in [3.8, 4) is 10.4 Å². The molecule has 3 N–H and O–H groups in total. The first-order chi connectivity index (χ1) is 17.1. The van der Waals surface area contributed by atoms with E-state index in [-0.39, 0.29) is 23.0 Å². The Morgan fingerprint density at radius 2 is 2.11 bits per heavy atom. The first-order valence-corrected chi connectivity index (χ1v) is 13.9. The summed E-state index contributed by atoms with van der Waals surface area (Å²) in [5.74, 6) is 0.923. The molecule has 1 aromatic carbocycles. The van der Waals surface area contributed by atoms with Crippen molar-refractivity contribution in [1.82, 2.24) is 10.8 Å². The average Bonchev–Trinajstić information content (AvgIpc) is 3.39. The Labute approximate surface area is 215 Å². The van der Waals surface area contributed by atoms with Crippen LogP contribution in [-0.4, -0.2) is 37.1 Å². The highest BCUT2D eigenvalue weighted by molar-refractivity contribution is 8.00. The van der Waals surface area contributed by atoms with Gasteiger partial charge in [0.25, 0.3) is 0 Å². The van der Waals surface area contributed by atoms with Crippen LogP contribution < -0.4 is 16.1 Å². The Balaban J connectivity index is 1.45. The largest absolute Gasteiger partial charge is 0.350 e. The zero-order chi connectivity index (χ0) is 24.5. The molecule has 188 valence electrons. The molecule has 0 aliphatic carbocycles. The number of ether oxygens (including phenoxy) is 1. The van der Waals surface area contributed by atoms with E-state index in [1.54, 1.807) is 17.4 Å². The summed E-state index contributed by atoms with van der Waals surface area (Å²) in [6.45, 7) is 4.69. The fraction of sp³-hybridized carbons (Fsp3) is 0.462. The fourth-order valence-electron chi connectivity index (χ4n) is 4.33. The van der Waals surface area contributed by atoms with Gasteiger partial charge in [-0.1, -0.05) is 24.6 Å². The number of hydrogen-bond donors (Lipinski definition) is 3. The molecule has 0 saturated carbocycles. The van der Waals surface area contributed by atoms with E-state index in [2.05, 4.69) is 34.8 Å². The van der Waals surface area contributed by atoms with E-state index in [1.807, 2.05) is 36.0 Å². The van der Waals surface area contributed by atoms with E-state index in [0.29, 0.717) is 19.6 Å². The second kappa shape index (κ2) is 12.6. The number of nitrogens with one attached hydrogen (secondary N) is 3. The van der Waals surface area contributed by atoms with E-state index in [4.69, 9.17) is 9.57 Å². The summed E-state index contributed by atoms with van der Waals surface area (Å²) in [5, 5.41) is 5.57. The van der Waals surface area contributed by atoms with E-state index >= 15 is 0 Å². The number of rotatable bonds is 9. The van der Waals surface area contributed by atoms with E-state index in [9.17, 15) is 9.59 Å². The second-order valence-electron chi connectivity index (χ2n) is 8.78. The molecule has 2 atom stereocenters.